The predicted octanol–water partition coefficient (Wildman–Crippen LogP) is 4.18. The molecule has 45 heavy (non-hydrogen) atoms. The van der Waals surface area contributed by atoms with Crippen LogP contribution in [0, 0.1) is 23.2 Å². The van der Waals surface area contributed by atoms with E-state index in [0.29, 0.717) is 29.2 Å². The molecule has 0 radical (unpaired) electrons. The monoisotopic (exact) mass is 629 g/mol. The van der Waals surface area contributed by atoms with Crippen LogP contribution in [0.15, 0.2) is 71.8 Å². The summed E-state index contributed by atoms with van der Waals surface area (Å²) in [5.74, 6) is 0.0808. The summed E-state index contributed by atoms with van der Waals surface area (Å²) in [6.07, 6.45) is 4.55. The number of fused-ring (bicyclic) bond motifs is 1. The summed E-state index contributed by atoms with van der Waals surface area (Å²) in [7, 11) is -4.48. The molecule has 2 aromatic carbocycles. The highest BCUT2D eigenvalue weighted by atomic mass is 32.2. The van der Waals surface area contributed by atoms with Crippen molar-refractivity contribution in [3.8, 4) is 11.9 Å². The van der Waals surface area contributed by atoms with Crippen LogP contribution in [-0.4, -0.2) is 63.1 Å². The van der Waals surface area contributed by atoms with Gasteiger partial charge in [-0.05, 0) is 100.0 Å². The smallest absolute Gasteiger partial charge is 0.411 e. The number of amides is 2. The van der Waals surface area contributed by atoms with Crippen LogP contribution in [0.5, 0.6) is 5.88 Å². The number of ether oxygens (including phenoxy) is 2. The van der Waals surface area contributed by atoms with E-state index in [0.717, 1.165) is 38.8 Å². The zero-order valence-corrected chi connectivity index (χ0v) is 25.8. The summed E-state index contributed by atoms with van der Waals surface area (Å²) in [6, 6.07) is 16.9. The number of likely N-dealkylation sites (tertiary alicyclic amines) is 1. The van der Waals surface area contributed by atoms with E-state index in [1.165, 1.54) is 42.6 Å². The number of hydrogen-bond acceptors (Lipinski definition) is 9. The fourth-order valence-corrected chi connectivity index (χ4v) is 8.23. The zero-order chi connectivity index (χ0) is 31.6. The minimum Gasteiger partial charge on any atom is -0.478 e. The van der Waals surface area contributed by atoms with Gasteiger partial charge in [-0.2, -0.15) is 9.57 Å². The molecule has 2 amide bonds. The molecule has 11 nitrogen and oxygen atoms in total. The number of anilines is 1. The van der Waals surface area contributed by atoms with E-state index < -0.39 is 27.6 Å². The maximum Gasteiger partial charge on any atom is 0.411 e. The Morgan fingerprint density at radius 2 is 1.73 bits per heavy atom. The van der Waals surface area contributed by atoms with Crippen molar-refractivity contribution in [1.29, 1.82) is 5.26 Å². The Morgan fingerprint density at radius 3 is 2.42 bits per heavy atom. The van der Waals surface area contributed by atoms with E-state index in [1.807, 2.05) is 0 Å². The Balaban J connectivity index is 1.45. The number of pyridine rings is 1. The molecule has 234 valence electrons. The van der Waals surface area contributed by atoms with E-state index in [-0.39, 0.29) is 39.8 Å². The summed E-state index contributed by atoms with van der Waals surface area (Å²) < 4.78 is 41.0. The summed E-state index contributed by atoms with van der Waals surface area (Å²) in [4.78, 5) is 34.7. The average Bonchev–Trinajstić information content (AvgIpc) is 3.33. The molecule has 0 bridgehead atoms. The number of benzene rings is 2. The summed E-state index contributed by atoms with van der Waals surface area (Å²) in [6.45, 7) is 4.81. The second kappa shape index (κ2) is 12.5. The molecule has 1 N–H and O–H groups in total. The van der Waals surface area contributed by atoms with Crippen LogP contribution in [0.4, 0.5) is 10.5 Å². The maximum absolute atomic E-state index is 14.8. The van der Waals surface area contributed by atoms with Crippen molar-refractivity contribution in [3.05, 3.63) is 83.6 Å². The fraction of sp³-hybridized carbons (Fsp3) is 0.394. The molecule has 1 aromatic heterocycles. The van der Waals surface area contributed by atoms with Crippen LogP contribution in [0.3, 0.4) is 0 Å². The lowest BCUT2D eigenvalue weighted by Crippen LogP contribution is -2.50. The van der Waals surface area contributed by atoms with Gasteiger partial charge < -0.3 is 19.7 Å². The molecule has 3 aromatic rings. The van der Waals surface area contributed by atoms with Gasteiger partial charge in [0.05, 0.1) is 34.4 Å². The number of hydrogen-bond donors (Lipinski definition) is 1. The van der Waals surface area contributed by atoms with Gasteiger partial charge in [0.2, 0.25) is 5.88 Å². The molecular weight excluding hydrogens is 594 g/mol. The first kappa shape index (κ1) is 30.6. The predicted molar refractivity (Wildman–Crippen MR) is 165 cm³/mol. The van der Waals surface area contributed by atoms with Gasteiger partial charge in [-0.3, -0.25) is 4.79 Å². The highest BCUT2D eigenvalue weighted by Crippen LogP contribution is 2.51. The largest absolute Gasteiger partial charge is 0.478 e. The van der Waals surface area contributed by atoms with Gasteiger partial charge in [-0.15, -0.1) is 0 Å². The first-order valence-electron chi connectivity index (χ1n) is 15.3. The Morgan fingerprint density at radius 1 is 1.02 bits per heavy atom. The molecule has 4 heterocycles. The molecular formula is C33H35N5O6S. The molecule has 0 aliphatic carbocycles. The minimum atomic E-state index is -4.48. The van der Waals surface area contributed by atoms with Crippen molar-refractivity contribution in [2.45, 2.75) is 43.1 Å². The minimum absolute atomic E-state index is 0.0121. The molecule has 0 saturated carbocycles. The van der Waals surface area contributed by atoms with Gasteiger partial charge in [0, 0.05) is 24.8 Å². The number of carbonyl (C=O) groups is 2. The summed E-state index contributed by atoms with van der Waals surface area (Å²) in [5, 5.41) is 13.2. The number of piperidine rings is 2. The van der Waals surface area contributed by atoms with Gasteiger partial charge in [-0.1, -0.05) is 18.2 Å². The first-order valence-corrected chi connectivity index (χ1v) is 16.7. The average molecular weight is 630 g/mol. The quantitative estimate of drug-likeness (QED) is 0.407. The lowest BCUT2D eigenvalue weighted by atomic mass is 9.79. The van der Waals surface area contributed by atoms with Crippen LogP contribution in [0.25, 0.3) is 0 Å². The van der Waals surface area contributed by atoms with Crippen molar-refractivity contribution >= 4 is 27.7 Å². The van der Waals surface area contributed by atoms with E-state index >= 15 is 0 Å². The van der Waals surface area contributed by atoms with Crippen LogP contribution in [-0.2, 0) is 25.2 Å². The number of rotatable bonds is 7. The molecule has 2 saturated heterocycles. The Labute approximate surface area is 262 Å². The Hall–Kier alpha value is -4.47. The van der Waals surface area contributed by atoms with Gasteiger partial charge in [0.1, 0.15) is 0 Å². The number of sulfonamides is 1. The molecule has 6 rings (SSSR count). The Kier molecular flexibility index (Phi) is 8.48. The lowest BCUT2D eigenvalue weighted by molar-refractivity contribution is -0.132. The van der Waals surface area contributed by atoms with E-state index in [1.54, 1.807) is 36.1 Å². The second-order valence-corrected chi connectivity index (χ2v) is 13.3. The van der Waals surface area contributed by atoms with Gasteiger partial charge in [0.25, 0.3) is 21.5 Å². The topological polar surface area (TPSA) is 142 Å². The van der Waals surface area contributed by atoms with Crippen LogP contribution in [0.2, 0.25) is 0 Å². The van der Waals surface area contributed by atoms with Crippen molar-refractivity contribution in [2.24, 2.45) is 11.8 Å². The number of carbonyl (C=O) groups excluding carboxylic acids is 2. The van der Waals surface area contributed by atoms with E-state index in [4.69, 9.17) is 9.47 Å². The zero-order valence-electron chi connectivity index (χ0n) is 25.0. The number of nitrogens with one attached hydrogen (secondary N) is 1. The maximum atomic E-state index is 14.8. The molecule has 2 fully saturated rings. The van der Waals surface area contributed by atoms with E-state index in [9.17, 15) is 23.3 Å². The molecule has 0 spiro atoms. The Bertz CT molecular complexity index is 1730. The van der Waals surface area contributed by atoms with Crippen molar-refractivity contribution in [1.82, 2.24) is 15.2 Å². The SMILES string of the molecule is CCOc1ncccc1C1(OC(=O)N2CCC(C3CCNCC3)CC2)C(=O)N(S(=O)(=O)c2ccccc2)c2ccc(C#N)cc21. The molecule has 1 atom stereocenters. The van der Waals surface area contributed by atoms with Gasteiger partial charge in [0.15, 0.2) is 0 Å². The number of nitriles is 1. The summed E-state index contributed by atoms with van der Waals surface area (Å²) in [5.41, 5.74) is -2.06. The molecule has 3 aliphatic heterocycles. The standard InChI is InChI=1S/C33H35N5O6S/c1-2-43-30-27(9-6-16-36-30)33(44-32(40)37-19-14-25(15-20-37)24-12-17-35-18-13-24)28-21-23(22-34)10-11-29(28)38(31(33)39)45(41,42)26-7-4-3-5-8-26/h3-11,16,21,24-25,35H,2,12-15,17-20H2,1H3. The van der Waals surface area contributed by atoms with Crippen molar-refractivity contribution in [3.63, 3.8) is 0 Å². The fourth-order valence-electron chi connectivity index (χ4n) is 6.76. The molecule has 3 aliphatic rings. The highest BCUT2D eigenvalue weighted by Gasteiger charge is 2.61. The lowest BCUT2D eigenvalue weighted by Gasteiger charge is -2.38. The van der Waals surface area contributed by atoms with E-state index in [2.05, 4.69) is 16.4 Å². The normalized spacial score (nSPS) is 20.8. The third-order valence-electron chi connectivity index (χ3n) is 9.01. The van der Waals surface area contributed by atoms with Gasteiger partial charge >= 0.3 is 6.09 Å². The summed E-state index contributed by atoms with van der Waals surface area (Å²) >= 11 is 0. The third-order valence-corrected chi connectivity index (χ3v) is 10.7. The van der Waals surface area contributed by atoms with Crippen LogP contribution >= 0.6 is 0 Å². The van der Waals surface area contributed by atoms with Crippen LogP contribution in [0.1, 0.15) is 49.3 Å². The number of nitrogens with zero attached hydrogens (tertiary/aromatic N) is 4. The number of aromatic nitrogens is 1. The van der Waals surface area contributed by atoms with Gasteiger partial charge in [-0.25, -0.2) is 18.2 Å². The third kappa shape index (κ3) is 5.40. The molecule has 12 heteroatoms. The molecule has 1 unspecified atom stereocenters. The first-order chi connectivity index (χ1) is 21.8. The van der Waals surface area contributed by atoms with Crippen molar-refractivity contribution in [2.75, 3.05) is 37.1 Å². The van der Waals surface area contributed by atoms with Crippen LogP contribution < -0.4 is 14.4 Å². The highest BCUT2D eigenvalue weighted by molar-refractivity contribution is 7.93. The van der Waals surface area contributed by atoms with Crippen molar-refractivity contribution < 1.29 is 27.5 Å². The second-order valence-electron chi connectivity index (χ2n) is 11.5.